The molecule has 5 heteroatoms. The van der Waals surface area contributed by atoms with Crippen molar-refractivity contribution in [3.05, 3.63) is 0 Å². The lowest BCUT2D eigenvalue weighted by molar-refractivity contribution is -0.129. The molecule has 1 heterocycles. The van der Waals surface area contributed by atoms with Gasteiger partial charge in [-0.3, -0.25) is 9.59 Å². The number of rotatable bonds is 3. The van der Waals surface area contributed by atoms with Crippen LogP contribution < -0.4 is 11.1 Å². The molecule has 15 heavy (non-hydrogen) atoms. The summed E-state index contributed by atoms with van der Waals surface area (Å²) >= 11 is 0. The Hall–Kier alpha value is -1.10. The Balaban J connectivity index is 2.55. The molecule has 86 valence electrons. The molecular weight excluding hydrogens is 196 g/mol. The predicted molar refractivity (Wildman–Crippen MR) is 54.9 cm³/mol. The maximum atomic E-state index is 11.7. The normalized spacial score (nSPS) is 35.1. The molecule has 0 aromatic carbocycles. The number of amides is 2. The first-order valence-corrected chi connectivity index (χ1v) is 5.15. The summed E-state index contributed by atoms with van der Waals surface area (Å²) in [4.78, 5) is 22.2. The Bertz CT molecular complexity index is 267. The molecule has 1 saturated heterocycles. The van der Waals surface area contributed by atoms with Crippen molar-refractivity contribution in [3.8, 4) is 0 Å². The molecule has 0 aromatic heterocycles. The van der Waals surface area contributed by atoms with Crippen molar-refractivity contribution in [1.82, 2.24) is 5.32 Å². The van der Waals surface area contributed by atoms with E-state index < -0.39 is 5.91 Å². The van der Waals surface area contributed by atoms with E-state index in [-0.39, 0.29) is 36.5 Å². The summed E-state index contributed by atoms with van der Waals surface area (Å²) in [6, 6.07) is 0. The Morgan fingerprint density at radius 2 is 1.87 bits per heavy atom. The minimum atomic E-state index is -0.532. The number of hydrogen-bond donors (Lipinski definition) is 2. The van der Waals surface area contributed by atoms with Crippen molar-refractivity contribution in [2.75, 3.05) is 6.54 Å². The van der Waals surface area contributed by atoms with Gasteiger partial charge in [-0.05, 0) is 19.8 Å². The van der Waals surface area contributed by atoms with Crippen LogP contribution in [0.25, 0.3) is 0 Å². The highest BCUT2D eigenvalue weighted by molar-refractivity contribution is 5.85. The fourth-order valence-electron chi connectivity index (χ4n) is 2.01. The van der Waals surface area contributed by atoms with E-state index in [0.717, 1.165) is 0 Å². The first kappa shape index (κ1) is 12.0. The third kappa shape index (κ3) is 2.68. The highest BCUT2D eigenvalue weighted by Crippen LogP contribution is 2.31. The molecule has 1 rings (SSSR count). The first-order chi connectivity index (χ1) is 6.93. The molecule has 0 aromatic rings. The summed E-state index contributed by atoms with van der Waals surface area (Å²) in [6.45, 7) is 5.68. The van der Waals surface area contributed by atoms with Crippen LogP contribution in [0.2, 0.25) is 0 Å². The van der Waals surface area contributed by atoms with Gasteiger partial charge in [0.15, 0.2) is 0 Å². The number of ether oxygens (including phenoxy) is 1. The summed E-state index contributed by atoms with van der Waals surface area (Å²) in [5.41, 5.74) is 4.95. The largest absolute Gasteiger partial charge is 0.374 e. The third-order valence-electron chi connectivity index (χ3n) is 2.98. The zero-order valence-corrected chi connectivity index (χ0v) is 9.32. The quantitative estimate of drug-likeness (QED) is 0.673. The lowest BCUT2D eigenvalue weighted by Crippen LogP contribution is -2.41. The van der Waals surface area contributed by atoms with Crippen LogP contribution >= 0.6 is 0 Å². The zero-order valence-electron chi connectivity index (χ0n) is 9.32. The molecule has 2 amide bonds. The lowest BCUT2D eigenvalue weighted by Gasteiger charge is -2.17. The van der Waals surface area contributed by atoms with E-state index in [1.54, 1.807) is 0 Å². The summed E-state index contributed by atoms with van der Waals surface area (Å²) in [5, 5.41) is 2.51. The van der Waals surface area contributed by atoms with E-state index in [1.165, 1.54) is 0 Å². The van der Waals surface area contributed by atoms with Crippen LogP contribution in [0.4, 0.5) is 0 Å². The Labute approximate surface area is 89.3 Å². The Morgan fingerprint density at radius 3 is 2.27 bits per heavy atom. The maximum Gasteiger partial charge on any atom is 0.236 e. The van der Waals surface area contributed by atoms with Crippen LogP contribution in [0.1, 0.15) is 20.8 Å². The van der Waals surface area contributed by atoms with Gasteiger partial charge >= 0.3 is 0 Å². The summed E-state index contributed by atoms with van der Waals surface area (Å²) in [7, 11) is 0. The van der Waals surface area contributed by atoms with E-state index >= 15 is 0 Å². The molecule has 1 aliphatic rings. The Kier molecular flexibility index (Phi) is 3.68. The molecule has 0 bridgehead atoms. The topological polar surface area (TPSA) is 81.4 Å². The van der Waals surface area contributed by atoms with Crippen LogP contribution in [0, 0.1) is 11.8 Å². The number of carbonyl (C=O) groups excluding carboxylic acids is 2. The number of hydrogen-bond acceptors (Lipinski definition) is 3. The van der Waals surface area contributed by atoms with E-state index in [4.69, 9.17) is 10.5 Å². The van der Waals surface area contributed by atoms with Crippen molar-refractivity contribution in [2.24, 2.45) is 17.6 Å². The van der Waals surface area contributed by atoms with E-state index in [1.807, 2.05) is 20.8 Å². The highest BCUT2D eigenvalue weighted by Gasteiger charge is 2.41. The fraction of sp³-hybridized carbons (Fsp3) is 0.800. The van der Waals surface area contributed by atoms with Crippen molar-refractivity contribution >= 4 is 11.8 Å². The van der Waals surface area contributed by atoms with Gasteiger partial charge in [0.1, 0.15) is 0 Å². The van der Waals surface area contributed by atoms with E-state index in [9.17, 15) is 9.59 Å². The third-order valence-corrected chi connectivity index (χ3v) is 2.98. The van der Waals surface area contributed by atoms with E-state index in [0.29, 0.717) is 0 Å². The van der Waals surface area contributed by atoms with Gasteiger partial charge in [-0.15, -0.1) is 0 Å². The van der Waals surface area contributed by atoms with Crippen molar-refractivity contribution in [2.45, 2.75) is 33.0 Å². The minimum Gasteiger partial charge on any atom is -0.374 e. The minimum absolute atomic E-state index is 0.0735. The van der Waals surface area contributed by atoms with Gasteiger partial charge < -0.3 is 15.8 Å². The first-order valence-electron chi connectivity index (χ1n) is 5.15. The molecular formula is C10H18N2O3. The van der Waals surface area contributed by atoms with Crippen LogP contribution in [0.5, 0.6) is 0 Å². The van der Waals surface area contributed by atoms with Gasteiger partial charge in [-0.25, -0.2) is 0 Å². The zero-order chi connectivity index (χ0) is 11.6. The number of nitrogens with two attached hydrogens (primary N) is 1. The average Bonchev–Trinajstić information content (AvgIpc) is 2.37. The second-order valence-corrected chi connectivity index (χ2v) is 4.12. The van der Waals surface area contributed by atoms with Crippen molar-refractivity contribution < 1.29 is 14.3 Å². The van der Waals surface area contributed by atoms with Gasteiger partial charge in [0, 0.05) is 0 Å². The molecule has 0 radical (unpaired) electrons. The fourth-order valence-corrected chi connectivity index (χ4v) is 2.01. The molecule has 1 fully saturated rings. The molecule has 0 saturated carbocycles. The van der Waals surface area contributed by atoms with Gasteiger partial charge in [-0.2, -0.15) is 0 Å². The van der Waals surface area contributed by atoms with Crippen LogP contribution in [0.15, 0.2) is 0 Å². The molecule has 1 aliphatic heterocycles. The SMILES string of the molecule is CC1OC(C)C(C(=O)NCC(N)=O)C1C. The summed E-state index contributed by atoms with van der Waals surface area (Å²) in [6.07, 6.45) is -0.0350. The average molecular weight is 214 g/mol. The van der Waals surface area contributed by atoms with Gasteiger partial charge in [0.05, 0.1) is 24.7 Å². The van der Waals surface area contributed by atoms with Crippen LogP contribution in [-0.2, 0) is 14.3 Å². The van der Waals surface area contributed by atoms with Gasteiger partial charge in [-0.1, -0.05) is 6.92 Å². The monoisotopic (exact) mass is 214 g/mol. The lowest BCUT2D eigenvalue weighted by atomic mass is 9.89. The highest BCUT2D eigenvalue weighted by atomic mass is 16.5. The molecule has 5 nitrogen and oxygen atoms in total. The smallest absolute Gasteiger partial charge is 0.236 e. The van der Waals surface area contributed by atoms with E-state index in [2.05, 4.69) is 5.32 Å². The number of carbonyl (C=O) groups is 2. The molecule has 3 N–H and O–H groups in total. The van der Waals surface area contributed by atoms with Crippen LogP contribution in [0.3, 0.4) is 0 Å². The van der Waals surface area contributed by atoms with Crippen molar-refractivity contribution in [3.63, 3.8) is 0 Å². The van der Waals surface area contributed by atoms with Gasteiger partial charge in [0.2, 0.25) is 11.8 Å². The Morgan fingerprint density at radius 1 is 1.27 bits per heavy atom. The molecule has 4 unspecified atom stereocenters. The standard InChI is InChI=1S/C10H18N2O3/c1-5-6(2)15-7(3)9(5)10(14)12-4-8(11)13/h5-7,9H,4H2,1-3H3,(H2,11,13)(H,12,14). The van der Waals surface area contributed by atoms with Crippen LogP contribution in [-0.4, -0.2) is 30.6 Å². The van der Waals surface area contributed by atoms with Gasteiger partial charge in [0.25, 0.3) is 0 Å². The molecule has 4 atom stereocenters. The second-order valence-electron chi connectivity index (χ2n) is 4.12. The van der Waals surface area contributed by atoms with Crippen molar-refractivity contribution in [1.29, 1.82) is 0 Å². The number of nitrogens with one attached hydrogen (secondary N) is 1. The predicted octanol–water partition coefficient (Wildman–Crippen LogP) is -0.353. The summed E-state index contributed by atoms with van der Waals surface area (Å²) in [5.74, 6) is -0.721. The molecule has 0 spiro atoms. The molecule has 0 aliphatic carbocycles. The summed E-state index contributed by atoms with van der Waals surface area (Å²) < 4.78 is 5.54. The maximum absolute atomic E-state index is 11.7. The second kappa shape index (κ2) is 4.61. The number of primary amides is 1.